The molecule has 1 unspecified atom stereocenters. The van der Waals surface area contributed by atoms with Crippen LogP contribution in [0, 0.1) is 0 Å². The summed E-state index contributed by atoms with van der Waals surface area (Å²) in [6.07, 6.45) is 17.8. The number of rotatable bonds is 1. The Labute approximate surface area is 103 Å². The fourth-order valence-corrected chi connectivity index (χ4v) is 2.58. The quantitative estimate of drug-likeness (QED) is 0.647. The van der Waals surface area contributed by atoms with Crippen molar-refractivity contribution in [3.05, 3.63) is 77.4 Å². The van der Waals surface area contributed by atoms with Gasteiger partial charge in [-0.25, -0.2) is 0 Å². The van der Waals surface area contributed by atoms with Crippen molar-refractivity contribution < 1.29 is 0 Å². The van der Waals surface area contributed by atoms with E-state index in [0.29, 0.717) is 5.92 Å². The molecule has 0 heteroatoms. The van der Waals surface area contributed by atoms with Gasteiger partial charge in [0.05, 0.1) is 0 Å². The standard InChI is InChI=1S/C17H16/c1-2-4-8-14(9-5-3-1)17-13-12-15-10-6-7-11-16(15)17/h1-4,6-8,10-13,17H,5,9H2. The molecule has 1 aromatic rings. The predicted molar refractivity (Wildman–Crippen MR) is 73.8 cm³/mol. The van der Waals surface area contributed by atoms with Gasteiger partial charge in [-0.3, -0.25) is 0 Å². The Bertz CT molecular complexity index is 527. The summed E-state index contributed by atoms with van der Waals surface area (Å²) in [5.74, 6) is 0.488. The van der Waals surface area contributed by atoms with Crippen molar-refractivity contribution in [3.8, 4) is 0 Å². The largest absolute Gasteiger partial charge is 0.0842 e. The van der Waals surface area contributed by atoms with Crippen molar-refractivity contribution in [3.63, 3.8) is 0 Å². The Kier molecular flexibility index (Phi) is 2.79. The zero-order chi connectivity index (χ0) is 11.5. The monoisotopic (exact) mass is 220 g/mol. The minimum Gasteiger partial charge on any atom is -0.0842 e. The average Bonchev–Trinajstić information content (AvgIpc) is 2.73. The fourth-order valence-electron chi connectivity index (χ4n) is 2.58. The van der Waals surface area contributed by atoms with Gasteiger partial charge in [-0.2, -0.15) is 0 Å². The number of fused-ring (bicyclic) bond motifs is 1. The Hall–Kier alpha value is -1.82. The number of hydrogen-bond acceptors (Lipinski definition) is 0. The summed E-state index contributed by atoms with van der Waals surface area (Å²) in [4.78, 5) is 0. The van der Waals surface area contributed by atoms with Gasteiger partial charge in [0.15, 0.2) is 0 Å². The van der Waals surface area contributed by atoms with Crippen LogP contribution in [-0.4, -0.2) is 0 Å². The van der Waals surface area contributed by atoms with Crippen molar-refractivity contribution >= 4 is 6.08 Å². The first-order chi connectivity index (χ1) is 8.45. The predicted octanol–water partition coefficient (Wildman–Crippen LogP) is 4.63. The maximum Gasteiger partial charge on any atom is 0.0240 e. The van der Waals surface area contributed by atoms with E-state index in [0.717, 1.165) is 12.8 Å². The summed E-state index contributed by atoms with van der Waals surface area (Å²) in [7, 11) is 0. The highest BCUT2D eigenvalue weighted by Gasteiger charge is 2.19. The van der Waals surface area contributed by atoms with Crippen LogP contribution in [-0.2, 0) is 0 Å². The Morgan fingerprint density at radius 2 is 1.94 bits per heavy atom. The molecule has 0 nitrogen and oxygen atoms in total. The molecule has 1 aromatic carbocycles. The molecule has 1 atom stereocenters. The van der Waals surface area contributed by atoms with Crippen LogP contribution in [0.25, 0.3) is 6.08 Å². The summed E-state index contributed by atoms with van der Waals surface area (Å²) < 4.78 is 0. The normalized spacial score (nSPS) is 21.9. The minimum atomic E-state index is 0.488. The van der Waals surface area contributed by atoms with Crippen molar-refractivity contribution in [2.24, 2.45) is 0 Å². The fraction of sp³-hybridized carbons (Fsp3) is 0.176. The number of hydrogen-bond donors (Lipinski definition) is 0. The molecule has 0 amide bonds. The van der Waals surface area contributed by atoms with Crippen molar-refractivity contribution in [1.82, 2.24) is 0 Å². The maximum absolute atomic E-state index is 2.33. The molecular weight excluding hydrogens is 204 g/mol. The van der Waals surface area contributed by atoms with E-state index in [1.165, 1.54) is 16.7 Å². The van der Waals surface area contributed by atoms with Crippen molar-refractivity contribution in [1.29, 1.82) is 0 Å². The summed E-state index contributed by atoms with van der Waals surface area (Å²) in [6.45, 7) is 0. The van der Waals surface area contributed by atoms with Crippen LogP contribution in [0.4, 0.5) is 0 Å². The molecule has 17 heavy (non-hydrogen) atoms. The third-order valence-corrected chi connectivity index (χ3v) is 3.47. The number of allylic oxidation sites excluding steroid dienone is 7. The first-order valence-electron chi connectivity index (χ1n) is 6.24. The van der Waals surface area contributed by atoms with Gasteiger partial charge in [0.2, 0.25) is 0 Å². The van der Waals surface area contributed by atoms with E-state index in [-0.39, 0.29) is 0 Å². The van der Waals surface area contributed by atoms with Gasteiger partial charge in [0.1, 0.15) is 0 Å². The molecule has 0 saturated heterocycles. The van der Waals surface area contributed by atoms with E-state index in [4.69, 9.17) is 0 Å². The molecule has 2 aliphatic rings. The highest BCUT2D eigenvalue weighted by molar-refractivity contribution is 5.64. The summed E-state index contributed by atoms with van der Waals surface area (Å²) in [5.41, 5.74) is 4.35. The van der Waals surface area contributed by atoms with Crippen LogP contribution >= 0.6 is 0 Å². The molecule has 0 bridgehead atoms. The van der Waals surface area contributed by atoms with Crippen LogP contribution in [0.3, 0.4) is 0 Å². The second-order valence-corrected chi connectivity index (χ2v) is 4.56. The van der Waals surface area contributed by atoms with Crippen LogP contribution in [0.1, 0.15) is 29.9 Å². The molecule has 0 saturated carbocycles. The van der Waals surface area contributed by atoms with Gasteiger partial charge in [-0.05, 0) is 24.0 Å². The molecule has 0 radical (unpaired) electrons. The first-order valence-corrected chi connectivity index (χ1v) is 6.24. The second-order valence-electron chi connectivity index (χ2n) is 4.56. The van der Waals surface area contributed by atoms with Crippen LogP contribution in [0.2, 0.25) is 0 Å². The molecular formula is C17H16. The van der Waals surface area contributed by atoms with E-state index in [1.807, 2.05) is 0 Å². The van der Waals surface area contributed by atoms with E-state index >= 15 is 0 Å². The van der Waals surface area contributed by atoms with Crippen molar-refractivity contribution in [2.45, 2.75) is 18.8 Å². The lowest BCUT2D eigenvalue weighted by molar-refractivity contribution is 0.869. The highest BCUT2D eigenvalue weighted by Crippen LogP contribution is 2.37. The van der Waals surface area contributed by atoms with Gasteiger partial charge in [0, 0.05) is 5.92 Å². The van der Waals surface area contributed by atoms with Gasteiger partial charge >= 0.3 is 0 Å². The summed E-state index contributed by atoms with van der Waals surface area (Å²) in [5, 5.41) is 0. The maximum atomic E-state index is 2.33. The van der Waals surface area contributed by atoms with Gasteiger partial charge in [0.25, 0.3) is 0 Å². The van der Waals surface area contributed by atoms with Crippen LogP contribution in [0.15, 0.2) is 66.3 Å². The lowest BCUT2D eigenvalue weighted by Crippen LogP contribution is -1.98. The third kappa shape index (κ3) is 2.03. The van der Waals surface area contributed by atoms with Crippen molar-refractivity contribution in [2.75, 3.05) is 0 Å². The Balaban J connectivity index is 1.94. The number of benzene rings is 1. The van der Waals surface area contributed by atoms with Crippen LogP contribution in [0.5, 0.6) is 0 Å². The topological polar surface area (TPSA) is 0 Å². The molecule has 3 rings (SSSR count). The minimum absolute atomic E-state index is 0.488. The van der Waals surface area contributed by atoms with Gasteiger partial charge in [-0.1, -0.05) is 72.4 Å². The Morgan fingerprint density at radius 1 is 1.00 bits per heavy atom. The average molecular weight is 220 g/mol. The van der Waals surface area contributed by atoms with Gasteiger partial charge < -0.3 is 0 Å². The summed E-state index contributed by atoms with van der Waals surface area (Å²) >= 11 is 0. The molecule has 2 aliphatic carbocycles. The van der Waals surface area contributed by atoms with E-state index in [9.17, 15) is 0 Å². The van der Waals surface area contributed by atoms with E-state index in [1.54, 1.807) is 0 Å². The third-order valence-electron chi connectivity index (χ3n) is 3.47. The molecule has 84 valence electrons. The Morgan fingerprint density at radius 3 is 2.94 bits per heavy atom. The molecule has 0 fully saturated rings. The zero-order valence-corrected chi connectivity index (χ0v) is 9.84. The zero-order valence-electron chi connectivity index (χ0n) is 9.84. The smallest absolute Gasteiger partial charge is 0.0240 e. The lowest BCUT2D eigenvalue weighted by Gasteiger charge is -2.15. The van der Waals surface area contributed by atoms with Gasteiger partial charge in [-0.15, -0.1) is 0 Å². The molecule has 0 N–H and O–H groups in total. The SMILES string of the molecule is C1=CC=C(C2C=Cc3ccccc32)CCC=C1. The first kappa shape index (κ1) is 10.3. The van der Waals surface area contributed by atoms with E-state index < -0.39 is 0 Å². The lowest BCUT2D eigenvalue weighted by atomic mass is 9.89. The molecule has 0 aliphatic heterocycles. The molecule has 0 spiro atoms. The summed E-state index contributed by atoms with van der Waals surface area (Å²) in [6, 6.07) is 8.70. The van der Waals surface area contributed by atoms with Crippen LogP contribution < -0.4 is 0 Å². The second kappa shape index (κ2) is 4.58. The molecule has 0 aromatic heterocycles. The highest BCUT2D eigenvalue weighted by atomic mass is 14.2. The molecule has 0 heterocycles. The van der Waals surface area contributed by atoms with E-state index in [2.05, 4.69) is 66.8 Å².